The fraction of sp³-hybridized carbons (Fsp3) is 0.235. The monoisotopic (exact) mass is 453 g/mol. The number of non-ortho nitro benzene ring substituents is 1. The van der Waals surface area contributed by atoms with Crippen LogP contribution in [0.2, 0.25) is 0 Å². The number of halogens is 1. The van der Waals surface area contributed by atoms with Crippen molar-refractivity contribution in [1.82, 2.24) is 0 Å². The Morgan fingerprint density at radius 1 is 1.33 bits per heavy atom. The van der Waals surface area contributed by atoms with Crippen LogP contribution in [0.25, 0.3) is 0 Å². The largest absolute Gasteiger partial charge is 0.308 e. The highest BCUT2D eigenvalue weighted by Gasteiger charge is 2.35. The summed E-state index contributed by atoms with van der Waals surface area (Å²) in [6.07, 6.45) is 0.535. The number of anilines is 2. The summed E-state index contributed by atoms with van der Waals surface area (Å²) in [7, 11) is -4.09. The van der Waals surface area contributed by atoms with Gasteiger partial charge in [-0.2, -0.15) is 0 Å². The smallest absolute Gasteiger partial charge is 0.271 e. The Balaban J connectivity index is 2.10. The van der Waals surface area contributed by atoms with Gasteiger partial charge in [-0.3, -0.25) is 19.6 Å². The average molecular weight is 454 g/mol. The minimum absolute atomic E-state index is 0.0575. The summed E-state index contributed by atoms with van der Waals surface area (Å²) in [5.41, 5.74) is 0.926. The van der Waals surface area contributed by atoms with E-state index in [0.29, 0.717) is 16.6 Å². The van der Waals surface area contributed by atoms with Crippen molar-refractivity contribution in [1.29, 1.82) is 0 Å². The third-order valence-corrected chi connectivity index (χ3v) is 6.11. The van der Waals surface area contributed by atoms with E-state index in [0.717, 1.165) is 11.6 Å². The van der Waals surface area contributed by atoms with E-state index in [1.165, 1.54) is 36.1 Å². The maximum atomic E-state index is 13.0. The normalized spacial score (nSPS) is 16.1. The molecule has 3 rings (SSSR count). The predicted octanol–water partition coefficient (Wildman–Crippen LogP) is 3.46. The zero-order valence-electron chi connectivity index (χ0n) is 14.5. The number of carbonyl (C=O) groups excluding carboxylic acids is 1. The van der Waals surface area contributed by atoms with Gasteiger partial charge in [-0.1, -0.05) is 22.0 Å². The predicted molar refractivity (Wildman–Crippen MR) is 104 cm³/mol. The topological polar surface area (TPSA) is 110 Å². The number of sulfonamides is 1. The lowest BCUT2D eigenvalue weighted by atomic mass is 10.1. The van der Waals surface area contributed by atoms with Crippen molar-refractivity contribution in [2.24, 2.45) is 0 Å². The summed E-state index contributed by atoms with van der Waals surface area (Å²) < 4.78 is 29.0. The number of amides is 1. The zero-order chi connectivity index (χ0) is 19.9. The van der Waals surface area contributed by atoms with Crippen LogP contribution in [0.3, 0.4) is 0 Å². The molecule has 0 saturated heterocycles. The molecule has 0 saturated carbocycles. The second kappa shape index (κ2) is 6.93. The summed E-state index contributed by atoms with van der Waals surface area (Å²) in [5.74, 6) is -0.254. The van der Waals surface area contributed by atoms with E-state index in [1.54, 1.807) is 6.07 Å². The van der Waals surface area contributed by atoms with Crippen LogP contribution in [0.4, 0.5) is 17.1 Å². The van der Waals surface area contributed by atoms with E-state index in [2.05, 4.69) is 20.7 Å². The van der Waals surface area contributed by atoms with Crippen molar-refractivity contribution in [3.63, 3.8) is 0 Å². The maximum absolute atomic E-state index is 13.0. The molecule has 2 aromatic rings. The van der Waals surface area contributed by atoms with Gasteiger partial charge in [-0.05, 0) is 37.1 Å². The van der Waals surface area contributed by atoms with Crippen molar-refractivity contribution in [3.05, 3.63) is 56.5 Å². The van der Waals surface area contributed by atoms with Gasteiger partial charge in [-0.15, -0.1) is 0 Å². The van der Waals surface area contributed by atoms with Crippen molar-refractivity contribution in [3.8, 4) is 0 Å². The van der Waals surface area contributed by atoms with Gasteiger partial charge in [0.05, 0.1) is 16.3 Å². The van der Waals surface area contributed by atoms with Crippen LogP contribution in [0.15, 0.2) is 45.8 Å². The van der Waals surface area contributed by atoms with Crippen LogP contribution in [-0.2, 0) is 21.2 Å². The Kier molecular flexibility index (Phi) is 4.96. The fourth-order valence-electron chi connectivity index (χ4n) is 3.25. The van der Waals surface area contributed by atoms with Crippen molar-refractivity contribution in [2.45, 2.75) is 31.2 Å². The SMILES string of the molecule is CC(=O)N1c2c(cc(Br)cc2S(=O)(=O)Nc2cccc([N+](=O)[O-])c2)CC1C. The summed E-state index contributed by atoms with van der Waals surface area (Å²) >= 11 is 3.32. The average Bonchev–Trinajstić information content (AvgIpc) is 2.89. The van der Waals surface area contributed by atoms with Crippen LogP contribution in [0.1, 0.15) is 19.4 Å². The van der Waals surface area contributed by atoms with E-state index in [1.807, 2.05) is 6.92 Å². The number of hydrogen-bond donors (Lipinski definition) is 1. The number of benzene rings is 2. The highest BCUT2D eigenvalue weighted by atomic mass is 79.9. The third-order valence-electron chi connectivity index (χ3n) is 4.25. The first-order valence-electron chi connectivity index (χ1n) is 7.99. The van der Waals surface area contributed by atoms with Gasteiger partial charge in [0.15, 0.2) is 0 Å². The van der Waals surface area contributed by atoms with Gasteiger partial charge in [-0.25, -0.2) is 8.42 Å². The maximum Gasteiger partial charge on any atom is 0.271 e. The van der Waals surface area contributed by atoms with Gasteiger partial charge in [0.25, 0.3) is 15.7 Å². The molecule has 0 fully saturated rings. The standard InChI is InChI=1S/C17H16BrN3O5S/c1-10-6-12-7-13(18)8-16(17(12)20(10)11(2)22)27(25,26)19-14-4-3-5-15(9-14)21(23)24/h3-5,7-10,19H,6H2,1-2H3. The molecule has 1 N–H and O–H groups in total. The number of nitrogens with zero attached hydrogens (tertiary/aromatic N) is 2. The second-order valence-electron chi connectivity index (χ2n) is 6.27. The first kappa shape index (κ1) is 19.3. The number of nitro benzene ring substituents is 1. The Hall–Kier alpha value is -2.46. The third kappa shape index (κ3) is 3.67. The summed E-state index contributed by atoms with van der Waals surface area (Å²) in [4.78, 5) is 23.8. The van der Waals surface area contributed by atoms with Crippen molar-refractivity contribution < 1.29 is 18.1 Å². The molecule has 142 valence electrons. The quantitative estimate of drug-likeness (QED) is 0.562. The summed E-state index contributed by atoms with van der Waals surface area (Å²) in [5, 5.41) is 10.9. The number of nitro groups is 1. The molecular weight excluding hydrogens is 438 g/mol. The van der Waals surface area contributed by atoms with Crippen LogP contribution >= 0.6 is 15.9 Å². The molecule has 10 heteroatoms. The van der Waals surface area contributed by atoms with Crippen LogP contribution in [-0.4, -0.2) is 25.3 Å². The molecule has 0 spiro atoms. The minimum atomic E-state index is -4.09. The lowest BCUT2D eigenvalue weighted by Crippen LogP contribution is -2.34. The highest BCUT2D eigenvalue weighted by molar-refractivity contribution is 9.10. The molecule has 1 aliphatic rings. The van der Waals surface area contributed by atoms with E-state index < -0.39 is 14.9 Å². The fourth-order valence-corrected chi connectivity index (χ4v) is 5.22. The molecule has 2 aromatic carbocycles. The Labute approximate surface area is 164 Å². The molecule has 27 heavy (non-hydrogen) atoms. The van der Waals surface area contributed by atoms with Gasteiger partial charge >= 0.3 is 0 Å². The summed E-state index contributed by atoms with van der Waals surface area (Å²) in [6, 6.07) is 8.28. The van der Waals surface area contributed by atoms with E-state index in [4.69, 9.17) is 0 Å². The van der Waals surface area contributed by atoms with E-state index >= 15 is 0 Å². The molecule has 1 aliphatic heterocycles. The first-order chi connectivity index (χ1) is 12.6. The van der Waals surface area contributed by atoms with Gasteiger partial charge in [0, 0.05) is 29.6 Å². The van der Waals surface area contributed by atoms with Crippen LogP contribution < -0.4 is 9.62 Å². The molecular formula is C17H16BrN3O5S. The molecule has 1 amide bonds. The Morgan fingerprint density at radius 3 is 2.67 bits per heavy atom. The van der Waals surface area contributed by atoms with Gasteiger partial charge in [0.1, 0.15) is 4.90 Å². The van der Waals surface area contributed by atoms with Gasteiger partial charge < -0.3 is 4.90 Å². The molecule has 8 nitrogen and oxygen atoms in total. The van der Waals surface area contributed by atoms with Crippen LogP contribution in [0, 0.1) is 10.1 Å². The van der Waals surface area contributed by atoms with Gasteiger partial charge in [0.2, 0.25) is 5.91 Å². The minimum Gasteiger partial charge on any atom is -0.308 e. The lowest BCUT2D eigenvalue weighted by molar-refractivity contribution is -0.384. The Morgan fingerprint density at radius 2 is 2.04 bits per heavy atom. The number of rotatable bonds is 4. The molecule has 0 aromatic heterocycles. The molecule has 1 heterocycles. The second-order valence-corrected chi connectivity index (χ2v) is 8.83. The number of fused-ring (bicyclic) bond motifs is 1. The van der Waals surface area contributed by atoms with E-state index in [9.17, 15) is 23.3 Å². The van der Waals surface area contributed by atoms with E-state index in [-0.39, 0.29) is 28.2 Å². The molecule has 1 unspecified atom stereocenters. The van der Waals surface area contributed by atoms with Crippen molar-refractivity contribution >= 4 is 48.9 Å². The van der Waals surface area contributed by atoms with Crippen molar-refractivity contribution in [2.75, 3.05) is 9.62 Å². The number of nitrogens with one attached hydrogen (secondary N) is 1. The molecule has 0 bridgehead atoms. The zero-order valence-corrected chi connectivity index (χ0v) is 16.9. The lowest BCUT2D eigenvalue weighted by Gasteiger charge is -2.23. The van der Waals surface area contributed by atoms with Crippen LogP contribution in [0.5, 0.6) is 0 Å². The first-order valence-corrected chi connectivity index (χ1v) is 10.3. The number of hydrogen-bond acceptors (Lipinski definition) is 5. The number of carbonyl (C=O) groups is 1. The molecule has 0 radical (unpaired) electrons. The summed E-state index contributed by atoms with van der Waals surface area (Å²) in [6.45, 7) is 3.23. The molecule has 0 aliphatic carbocycles. The Bertz CT molecular complexity index is 1050. The molecule has 1 atom stereocenters. The highest BCUT2D eigenvalue weighted by Crippen LogP contribution is 2.40.